The Hall–Kier alpha value is -2.31. The summed E-state index contributed by atoms with van der Waals surface area (Å²) in [5, 5.41) is 5.60. The molecule has 144 valence electrons. The Labute approximate surface area is 155 Å². The highest BCUT2D eigenvalue weighted by molar-refractivity contribution is 5.94. The van der Waals surface area contributed by atoms with E-state index in [-0.39, 0.29) is 12.5 Å². The molecule has 7 nitrogen and oxygen atoms in total. The molecule has 26 heavy (non-hydrogen) atoms. The third-order valence-electron chi connectivity index (χ3n) is 3.97. The fourth-order valence-corrected chi connectivity index (χ4v) is 2.68. The first-order valence-electron chi connectivity index (χ1n) is 9.06. The lowest BCUT2D eigenvalue weighted by molar-refractivity contribution is 0.0509. The summed E-state index contributed by atoms with van der Waals surface area (Å²) >= 11 is 0. The van der Waals surface area contributed by atoms with Gasteiger partial charge in [0.25, 0.3) is 5.91 Å². The topological polar surface area (TPSA) is 83.6 Å². The van der Waals surface area contributed by atoms with Crippen LogP contribution >= 0.6 is 0 Å². The molecule has 2 heterocycles. The van der Waals surface area contributed by atoms with Crippen LogP contribution in [-0.4, -0.2) is 47.8 Å². The number of hydrogen-bond acceptors (Lipinski definition) is 5. The number of nitrogens with zero attached hydrogens (tertiary/aromatic N) is 2. The van der Waals surface area contributed by atoms with Crippen molar-refractivity contribution in [1.29, 1.82) is 0 Å². The van der Waals surface area contributed by atoms with Gasteiger partial charge in [-0.15, -0.1) is 0 Å². The minimum atomic E-state index is -0.623. The smallest absolute Gasteiger partial charge is 0.407 e. The number of nitrogens with one attached hydrogen (secondary N) is 2. The lowest BCUT2D eigenvalue weighted by Crippen LogP contribution is -2.52. The summed E-state index contributed by atoms with van der Waals surface area (Å²) in [6.07, 6.45) is 3.46. The van der Waals surface area contributed by atoms with Crippen LogP contribution in [0.1, 0.15) is 57.8 Å². The summed E-state index contributed by atoms with van der Waals surface area (Å²) in [7, 11) is 0. The molecule has 1 saturated heterocycles. The number of anilines is 1. The van der Waals surface area contributed by atoms with Gasteiger partial charge in [0.2, 0.25) is 0 Å². The van der Waals surface area contributed by atoms with Crippen LogP contribution in [0.25, 0.3) is 0 Å². The van der Waals surface area contributed by atoms with E-state index in [4.69, 9.17) is 4.74 Å². The fraction of sp³-hybridized carbons (Fsp3) is 0.632. The highest BCUT2D eigenvalue weighted by Gasteiger charge is 2.24. The average Bonchev–Trinajstić information content (AvgIpc) is 3.06. The second-order valence-corrected chi connectivity index (χ2v) is 8.29. The zero-order valence-corrected chi connectivity index (χ0v) is 16.4. The quantitative estimate of drug-likeness (QED) is 0.841. The first-order chi connectivity index (χ1) is 12.1. The molecule has 0 aliphatic carbocycles. The van der Waals surface area contributed by atoms with Gasteiger partial charge in [-0.25, -0.2) is 9.78 Å². The van der Waals surface area contributed by atoms with E-state index in [1.54, 1.807) is 33.0 Å². The van der Waals surface area contributed by atoms with Crippen molar-refractivity contribution in [2.45, 2.75) is 58.6 Å². The predicted molar refractivity (Wildman–Crippen MR) is 101 cm³/mol. The molecule has 1 aliphatic heterocycles. The molecular formula is C19H30N4O3. The Morgan fingerprint density at radius 2 is 1.81 bits per heavy atom. The maximum absolute atomic E-state index is 12.5. The molecule has 0 spiro atoms. The minimum absolute atomic E-state index is 0.221. The zero-order valence-electron chi connectivity index (χ0n) is 16.4. The molecular weight excluding hydrogens is 332 g/mol. The highest BCUT2D eigenvalue weighted by atomic mass is 16.6. The summed E-state index contributed by atoms with van der Waals surface area (Å²) in [4.78, 5) is 30.8. The maximum atomic E-state index is 12.5. The number of carbonyl (C=O) groups excluding carboxylic acids is 2. The van der Waals surface area contributed by atoms with Crippen molar-refractivity contribution in [3.63, 3.8) is 0 Å². The van der Waals surface area contributed by atoms with E-state index < -0.39 is 17.2 Å². The number of pyridine rings is 1. The SMILES string of the molecule is CC(C)(CNC(=O)OC(C)(C)C)NC(=O)c1ccc(N2CCCC2)nc1. The monoisotopic (exact) mass is 362 g/mol. The summed E-state index contributed by atoms with van der Waals surface area (Å²) in [5.41, 5.74) is -0.680. The third kappa shape index (κ3) is 6.20. The molecule has 1 aliphatic rings. The first-order valence-corrected chi connectivity index (χ1v) is 9.06. The van der Waals surface area contributed by atoms with Crippen LogP contribution in [0.3, 0.4) is 0 Å². The predicted octanol–water partition coefficient (Wildman–Crippen LogP) is 2.71. The molecule has 0 atom stereocenters. The summed E-state index contributed by atoms with van der Waals surface area (Å²) in [5.74, 6) is 0.686. The van der Waals surface area contributed by atoms with Crippen molar-refractivity contribution in [2.24, 2.45) is 0 Å². The van der Waals surface area contributed by atoms with Crippen LogP contribution in [0.5, 0.6) is 0 Å². The van der Waals surface area contributed by atoms with Gasteiger partial charge in [-0.3, -0.25) is 4.79 Å². The Bertz CT molecular complexity index is 629. The van der Waals surface area contributed by atoms with Gasteiger partial charge in [-0.05, 0) is 59.6 Å². The van der Waals surface area contributed by atoms with Crippen molar-refractivity contribution in [2.75, 3.05) is 24.5 Å². The molecule has 1 aromatic rings. The van der Waals surface area contributed by atoms with Gasteiger partial charge in [0.15, 0.2) is 0 Å². The van der Waals surface area contributed by atoms with Crippen LogP contribution in [0, 0.1) is 0 Å². The lowest BCUT2D eigenvalue weighted by atomic mass is 10.1. The zero-order chi connectivity index (χ0) is 19.4. The number of aromatic nitrogens is 1. The van der Waals surface area contributed by atoms with Gasteiger partial charge in [0.05, 0.1) is 11.1 Å². The molecule has 1 aromatic heterocycles. The molecule has 0 radical (unpaired) electrons. The van der Waals surface area contributed by atoms with Crippen LogP contribution in [0.4, 0.5) is 10.6 Å². The molecule has 0 unspecified atom stereocenters. The van der Waals surface area contributed by atoms with Crippen molar-refractivity contribution in [1.82, 2.24) is 15.6 Å². The van der Waals surface area contributed by atoms with E-state index in [0.717, 1.165) is 18.9 Å². The summed E-state index contributed by atoms with van der Waals surface area (Å²) in [6.45, 7) is 11.4. The number of alkyl carbamates (subject to hydrolysis) is 1. The second kappa shape index (κ2) is 7.93. The van der Waals surface area contributed by atoms with Gasteiger partial charge in [-0.1, -0.05) is 0 Å². The van der Waals surface area contributed by atoms with Crippen LogP contribution in [-0.2, 0) is 4.74 Å². The van der Waals surface area contributed by atoms with Crippen molar-refractivity contribution in [3.8, 4) is 0 Å². The minimum Gasteiger partial charge on any atom is -0.444 e. The van der Waals surface area contributed by atoms with E-state index in [0.29, 0.717) is 5.56 Å². The summed E-state index contributed by atoms with van der Waals surface area (Å²) in [6, 6.07) is 3.67. The van der Waals surface area contributed by atoms with E-state index in [1.165, 1.54) is 12.8 Å². The molecule has 0 saturated carbocycles. The van der Waals surface area contributed by atoms with Crippen molar-refractivity contribution >= 4 is 17.8 Å². The third-order valence-corrected chi connectivity index (χ3v) is 3.97. The molecule has 0 aromatic carbocycles. The standard InChI is InChI=1S/C19H30N4O3/c1-18(2,3)26-17(25)21-13-19(4,5)22-16(24)14-8-9-15(20-12-14)23-10-6-7-11-23/h8-9,12H,6-7,10-11,13H2,1-5H3,(H,21,25)(H,22,24). The van der Waals surface area contributed by atoms with Gasteiger partial charge in [-0.2, -0.15) is 0 Å². The highest BCUT2D eigenvalue weighted by Crippen LogP contribution is 2.17. The lowest BCUT2D eigenvalue weighted by Gasteiger charge is -2.28. The van der Waals surface area contributed by atoms with E-state index in [9.17, 15) is 9.59 Å². The van der Waals surface area contributed by atoms with Gasteiger partial charge < -0.3 is 20.3 Å². The van der Waals surface area contributed by atoms with Crippen molar-refractivity contribution in [3.05, 3.63) is 23.9 Å². The molecule has 0 bridgehead atoms. The van der Waals surface area contributed by atoms with Gasteiger partial charge in [0.1, 0.15) is 11.4 Å². The van der Waals surface area contributed by atoms with Crippen LogP contribution in [0.2, 0.25) is 0 Å². The van der Waals surface area contributed by atoms with E-state index in [1.807, 2.05) is 19.9 Å². The average molecular weight is 362 g/mol. The molecule has 2 N–H and O–H groups in total. The number of ether oxygens (including phenoxy) is 1. The van der Waals surface area contributed by atoms with E-state index >= 15 is 0 Å². The normalized spacial score (nSPS) is 14.9. The summed E-state index contributed by atoms with van der Waals surface area (Å²) < 4.78 is 5.21. The number of rotatable bonds is 5. The fourth-order valence-electron chi connectivity index (χ4n) is 2.68. The first kappa shape index (κ1) is 20.0. The van der Waals surface area contributed by atoms with Crippen LogP contribution in [0.15, 0.2) is 18.3 Å². The molecule has 2 amide bonds. The maximum Gasteiger partial charge on any atom is 0.407 e. The largest absolute Gasteiger partial charge is 0.444 e. The number of carbonyl (C=O) groups is 2. The second-order valence-electron chi connectivity index (χ2n) is 8.29. The Morgan fingerprint density at radius 3 is 2.35 bits per heavy atom. The Kier molecular flexibility index (Phi) is 6.10. The molecule has 1 fully saturated rings. The van der Waals surface area contributed by atoms with Crippen molar-refractivity contribution < 1.29 is 14.3 Å². The Morgan fingerprint density at radius 1 is 1.15 bits per heavy atom. The number of hydrogen-bond donors (Lipinski definition) is 2. The molecule has 2 rings (SSSR count). The number of amides is 2. The molecule has 7 heteroatoms. The van der Waals surface area contributed by atoms with Crippen LogP contribution < -0.4 is 15.5 Å². The van der Waals surface area contributed by atoms with E-state index in [2.05, 4.69) is 20.5 Å². The Balaban J connectivity index is 1.87. The van der Waals surface area contributed by atoms with Gasteiger partial charge >= 0.3 is 6.09 Å². The van der Waals surface area contributed by atoms with Gasteiger partial charge in [0, 0.05) is 25.8 Å².